The predicted molar refractivity (Wildman–Crippen MR) is 114 cm³/mol. The van der Waals surface area contributed by atoms with E-state index < -0.39 is 11.8 Å². The Labute approximate surface area is 186 Å². The largest absolute Gasteiger partial charge is 0.469 e. The van der Waals surface area contributed by atoms with Gasteiger partial charge in [0.25, 0.3) is 0 Å². The lowest BCUT2D eigenvalue weighted by molar-refractivity contribution is -0.121. The maximum absolute atomic E-state index is 12.2. The van der Waals surface area contributed by atoms with Crippen molar-refractivity contribution in [2.24, 2.45) is 0 Å². The quantitative estimate of drug-likeness (QED) is 0.635. The van der Waals surface area contributed by atoms with Gasteiger partial charge in [-0.3, -0.25) is 9.59 Å². The van der Waals surface area contributed by atoms with Crippen LogP contribution in [-0.2, 0) is 9.59 Å². The number of thioether (sulfide) groups is 2. The number of carbonyl (C=O) groups is 2. The molecule has 8 nitrogen and oxygen atoms in total. The van der Waals surface area contributed by atoms with Crippen LogP contribution in [0.3, 0.4) is 0 Å². The Morgan fingerprint density at radius 1 is 0.871 bits per heavy atom. The first-order valence-corrected chi connectivity index (χ1v) is 11.3. The highest BCUT2D eigenvalue weighted by Gasteiger charge is 2.33. The average Bonchev–Trinajstić information content (AvgIpc) is 3.47. The lowest BCUT2D eigenvalue weighted by Gasteiger charge is -2.25. The summed E-state index contributed by atoms with van der Waals surface area (Å²) in [6.45, 7) is 0. The third-order valence-corrected chi connectivity index (χ3v) is 7.06. The van der Waals surface area contributed by atoms with E-state index in [9.17, 15) is 20.1 Å². The summed E-state index contributed by atoms with van der Waals surface area (Å²) in [6, 6.07) is 11.3. The van der Waals surface area contributed by atoms with Crippen LogP contribution in [0.25, 0.3) is 0 Å². The van der Waals surface area contributed by atoms with Crippen molar-refractivity contribution in [1.29, 1.82) is 10.5 Å². The Balaban J connectivity index is 1.53. The van der Waals surface area contributed by atoms with E-state index in [4.69, 9.17) is 8.83 Å². The second kappa shape index (κ2) is 9.21. The van der Waals surface area contributed by atoms with Gasteiger partial charge in [-0.15, -0.1) is 0 Å². The lowest BCUT2D eigenvalue weighted by Crippen LogP contribution is -2.31. The van der Waals surface area contributed by atoms with E-state index in [0.29, 0.717) is 37.8 Å². The maximum atomic E-state index is 12.2. The Bertz CT molecular complexity index is 1050. The van der Waals surface area contributed by atoms with Crippen LogP contribution in [0.1, 0.15) is 36.2 Å². The van der Waals surface area contributed by atoms with Gasteiger partial charge in [0.15, 0.2) is 0 Å². The van der Waals surface area contributed by atoms with E-state index in [1.807, 2.05) is 0 Å². The smallest absolute Gasteiger partial charge is 0.225 e. The zero-order chi connectivity index (χ0) is 21.8. The van der Waals surface area contributed by atoms with Crippen LogP contribution >= 0.6 is 23.5 Å². The standard InChI is InChI=1S/C21H16N4O4S2/c22-9-14-12(16-3-1-5-28-16)7-18(26)24-20(14)30-11-31-21-15(10-23)13(8-19(27)25-21)17-4-2-6-29-17/h1-6,12-13H,7-8,11H2,(H,24,26)(H,25,27). The van der Waals surface area contributed by atoms with Gasteiger partial charge >= 0.3 is 0 Å². The molecule has 0 saturated heterocycles. The van der Waals surface area contributed by atoms with E-state index in [0.717, 1.165) is 0 Å². The highest BCUT2D eigenvalue weighted by molar-refractivity contribution is 8.19. The van der Waals surface area contributed by atoms with Gasteiger partial charge in [-0.25, -0.2) is 0 Å². The number of hydrogen-bond acceptors (Lipinski definition) is 8. The molecule has 2 atom stereocenters. The highest BCUT2D eigenvalue weighted by Crippen LogP contribution is 2.40. The number of carbonyl (C=O) groups excluding carboxylic acids is 2. The van der Waals surface area contributed by atoms with Gasteiger partial charge in [0.05, 0.1) is 62.8 Å². The molecule has 0 aromatic carbocycles. The molecule has 2 aromatic heterocycles. The van der Waals surface area contributed by atoms with Gasteiger partial charge in [-0.1, -0.05) is 23.5 Å². The van der Waals surface area contributed by atoms with E-state index in [1.54, 1.807) is 24.3 Å². The summed E-state index contributed by atoms with van der Waals surface area (Å²) in [6.07, 6.45) is 3.30. The molecular weight excluding hydrogens is 436 g/mol. The van der Waals surface area contributed by atoms with Crippen LogP contribution in [0.2, 0.25) is 0 Å². The Morgan fingerprint density at radius 3 is 1.68 bits per heavy atom. The van der Waals surface area contributed by atoms with Crippen molar-refractivity contribution < 1.29 is 18.4 Å². The van der Waals surface area contributed by atoms with Crippen molar-refractivity contribution in [3.05, 3.63) is 69.5 Å². The van der Waals surface area contributed by atoms with Gasteiger partial charge in [-0.05, 0) is 24.3 Å². The maximum Gasteiger partial charge on any atom is 0.225 e. The monoisotopic (exact) mass is 452 g/mol. The SMILES string of the molecule is N#CC1=C(SCSC2=C(C#N)C(c3ccco3)CC(=O)N2)NC(=O)CC1c1ccco1. The lowest BCUT2D eigenvalue weighted by atomic mass is 9.92. The summed E-state index contributed by atoms with van der Waals surface area (Å²) < 4.78 is 10.8. The molecule has 0 bridgehead atoms. The van der Waals surface area contributed by atoms with E-state index >= 15 is 0 Å². The molecule has 2 aliphatic rings. The average molecular weight is 453 g/mol. The number of furan rings is 2. The van der Waals surface area contributed by atoms with Crippen molar-refractivity contribution in [1.82, 2.24) is 10.6 Å². The van der Waals surface area contributed by atoms with E-state index in [-0.39, 0.29) is 24.7 Å². The van der Waals surface area contributed by atoms with Crippen LogP contribution in [0.15, 0.2) is 66.8 Å². The molecule has 2 N–H and O–H groups in total. The van der Waals surface area contributed by atoms with Crippen molar-refractivity contribution >= 4 is 35.3 Å². The topological polar surface area (TPSA) is 132 Å². The third kappa shape index (κ3) is 4.41. The summed E-state index contributed by atoms with van der Waals surface area (Å²) in [5, 5.41) is 26.2. The van der Waals surface area contributed by atoms with Gasteiger partial charge in [0.1, 0.15) is 11.5 Å². The van der Waals surface area contributed by atoms with Crippen molar-refractivity contribution in [2.75, 3.05) is 5.08 Å². The van der Waals surface area contributed by atoms with Crippen molar-refractivity contribution in [3.63, 3.8) is 0 Å². The molecule has 156 valence electrons. The minimum atomic E-state index is -0.437. The van der Waals surface area contributed by atoms with Crippen LogP contribution in [-0.4, -0.2) is 16.9 Å². The normalized spacial score (nSPS) is 21.4. The predicted octanol–water partition coefficient (Wildman–Crippen LogP) is 3.67. The first-order chi connectivity index (χ1) is 15.1. The van der Waals surface area contributed by atoms with Gasteiger partial charge in [0.2, 0.25) is 11.8 Å². The molecule has 31 heavy (non-hydrogen) atoms. The molecule has 0 saturated carbocycles. The van der Waals surface area contributed by atoms with Crippen molar-refractivity contribution in [2.45, 2.75) is 24.7 Å². The van der Waals surface area contributed by atoms with Crippen molar-refractivity contribution in [3.8, 4) is 12.1 Å². The van der Waals surface area contributed by atoms with Crippen LogP contribution < -0.4 is 10.6 Å². The number of nitriles is 2. The summed E-state index contributed by atoms with van der Waals surface area (Å²) in [5.41, 5.74) is 0.853. The number of allylic oxidation sites excluding steroid dienone is 2. The highest BCUT2D eigenvalue weighted by atomic mass is 32.2. The fourth-order valence-electron chi connectivity index (χ4n) is 3.48. The molecule has 4 rings (SSSR count). The van der Waals surface area contributed by atoms with Crippen LogP contribution in [0, 0.1) is 22.7 Å². The van der Waals surface area contributed by atoms with Gasteiger partial charge < -0.3 is 19.5 Å². The number of amides is 2. The fourth-order valence-corrected chi connectivity index (χ4v) is 5.72. The molecule has 2 aromatic rings. The fraction of sp³-hybridized carbons (Fsp3) is 0.238. The number of nitrogens with one attached hydrogen (secondary N) is 2. The molecule has 0 aliphatic carbocycles. The first-order valence-electron chi connectivity index (χ1n) is 9.31. The molecule has 0 radical (unpaired) electrons. The summed E-state index contributed by atoms with van der Waals surface area (Å²) in [5.74, 6) is -0.150. The molecule has 0 spiro atoms. The molecule has 0 fully saturated rings. The van der Waals surface area contributed by atoms with Crippen LogP contribution in [0.4, 0.5) is 0 Å². The van der Waals surface area contributed by atoms with Crippen LogP contribution in [0.5, 0.6) is 0 Å². The minimum Gasteiger partial charge on any atom is -0.469 e. The Kier molecular flexibility index (Phi) is 6.21. The molecule has 2 unspecified atom stereocenters. The summed E-state index contributed by atoms with van der Waals surface area (Å²) in [7, 11) is 0. The Hall–Kier alpha value is -3.34. The Morgan fingerprint density at radius 2 is 1.32 bits per heavy atom. The van der Waals surface area contributed by atoms with E-state index in [1.165, 1.54) is 36.1 Å². The first kappa shape index (κ1) is 20.9. The summed E-state index contributed by atoms with van der Waals surface area (Å²) >= 11 is 2.54. The molecule has 4 heterocycles. The molecule has 10 heteroatoms. The zero-order valence-electron chi connectivity index (χ0n) is 16.1. The number of hydrogen-bond donors (Lipinski definition) is 2. The number of rotatable bonds is 6. The minimum absolute atomic E-state index is 0.137. The van der Waals surface area contributed by atoms with E-state index in [2.05, 4.69) is 22.8 Å². The third-order valence-electron chi connectivity index (χ3n) is 4.89. The molecular formula is C21H16N4O4S2. The number of nitrogens with zero attached hydrogens (tertiary/aromatic N) is 2. The zero-order valence-corrected chi connectivity index (χ0v) is 17.7. The second-order valence-electron chi connectivity index (χ2n) is 6.76. The molecule has 2 amide bonds. The molecule has 2 aliphatic heterocycles. The van der Waals surface area contributed by atoms with Gasteiger partial charge in [0, 0.05) is 12.8 Å². The second-order valence-corrected chi connectivity index (χ2v) is 9.09. The van der Waals surface area contributed by atoms with Gasteiger partial charge in [-0.2, -0.15) is 10.5 Å². The summed E-state index contributed by atoms with van der Waals surface area (Å²) in [4.78, 5) is 24.4.